The second kappa shape index (κ2) is 5.58. The average Bonchev–Trinajstić information content (AvgIpc) is 2.42. The molecule has 0 saturated carbocycles. The fourth-order valence-corrected chi connectivity index (χ4v) is 1.66. The number of ether oxygens (including phenoxy) is 2. The van der Waals surface area contributed by atoms with E-state index in [2.05, 4.69) is 9.72 Å². The molecule has 19 heavy (non-hydrogen) atoms. The van der Waals surface area contributed by atoms with Crippen molar-refractivity contribution in [3.8, 4) is 11.5 Å². The number of carbonyl (C=O) groups is 1. The Kier molecular flexibility index (Phi) is 3.87. The number of nitrogen functional groups attached to an aromatic ring is 1. The Hall–Kier alpha value is -2.27. The summed E-state index contributed by atoms with van der Waals surface area (Å²) in [7, 11) is 1.28. The van der Waals surface area contributed by atoms with Crippen molar-refractivity contribution in [3.63, 3.8) is 0 Å². The Bertz CT molecular complexity index is 596. The van der Waals surface area contributed by atoms with E-state index in [0.29, 0.717) is 22.2 Å². The van der Waals surface area contributed by atoms with E-state index < -0.39 is 5.97 Å². The third-order valence-corrected chi connectivity index (χ3v) is 2.64. The predicted octanol–water partition coefficient (Wildman–Crippen LogP) is 2.90. The number of methoxy groups -OCH3 is 1. The highest BCUT2D eigenvalue weighted by molar-refractivity contribution is 6.32. The van der Waals surface area contributed by atoms with E-state index >= 15 is 0 Å². The Morgan fingerprint density at radius 1 is 1.37 bits per heavy atom. The predicted molar refractivity (Wildman–Crippen MR) is 71.5 cm³/mol. The van der Waals surface area contributed by atoms with Gasteiger partial charge in [0.2, 0.25) is 0 Å². The maximum Gasteiger partial charge on any atom is 0.356 e. The first-order valence-electron chi connectivity index (χ1n) is 5.38. The topological polar surface area (TPSA) is 74.4 Å². The van der Waals surface area contributed by atoms with Crippen LogP contribution in [-0.4, -0.2) is 18.1 Å². The minimum atomic E-state index is -0.544. The van der Waals surface area contributed by atoms with Gasteiger partial charge < -0.3 is 15.2 Å². The fourth-order valence-electron chi connectivity index (χ4n) is 1.44. The fraction of sp³-hybridized carbons (Fsp3) is 0.0769. The van der Waals surface area contributed by atoms with Gasteiger partial charge in [0.05, 0.1) is 17.8 Å². The van der Waals surface area contributed by atoms with Gasteiger partial charge in [0.1, 0.15) is 5.75 Å². The van der Waals surface area contributed by atoms with Gasteiger partial charge in [-0.15, -0.1) is 0 Å². The first-order valence-corrected chi connectivity index (χ1v) is 5.76. The number of carbonyl (C=O) groups excluding carboxylic acids is 1. The average molecular weight is 279 g/mol. The Labute approximate surface area is 114 Å². The molecule has 0 aliphatic rings. The van der Waals surface area contributed by atoms with Crippen LogP contribution in [0.5, 0.6) is 11.5 Å². The zero-order valence-electron chi connectivity index (χ0n) is 10.1. The van der Waals surface area contributed by atoms with Crippen LogP contribution in [0.3, 0.4) is 0 Å². The second-order valence-corrected chi connectivity index (χ2v) is 4.04. The SMILES string of the molecule is COC(=O)c1cc(Oc2c(N)cccc2Cl)ccn1. The summed E-state index contributed by atoms with van der Waals surface area (Å²) in [6, 6.07) is 8.10. The van der Waals surface area contributed by atoms with Crippen LogP contribution in [0.25, 0.3) is 0 Å². The van der Waals surface area contributed by atoms with E-state index in [1.165, 1.54) is 19.4 Å². The summed E-state index contributed by atoms with van der Waals surface area (Å²) in [5.41, 5.74) is 6.33. The molecule has 1 heterocycles. The molecule has 2 aromatic rings. The summed E-state index contributed by atoms with van der Waals surface area (Å²) in [5.74, 6) is 0.193. The van der Waals surface area contributed by atoms with Gasteiger partial charge in [0.15, 0.2) is 11.4 Å². The Morgan fingerprint density at radius 2 is 2.16 bits per heavy atom. The highest BCUT2D eigenvalue weighted by Crippen LogP contribution is 2.34. The normalized spacial score (nSPS) is 10.0. The van der Waals surface area contributed by atoms with E-state index in [9.17, 15) is 4.79 Å². The third kappa shape index (κ3) is 2.95. The molecule has 1 aromatic carbocycles. The molecule has 0 radical (unpaired) electrons. The number of benzene rings is 1. The molecule has 0 amide bonds. The summed E-state index contributed by atoms with van der Waals surface area (Å²) in [6.07, 6.45) is 1.44. The summed E-state index contributed by atoms with van der Waals surface area (Å²) < 4.78 is 10.2. The number of nitrogens with two attached hydrogens (primary N) is 1. The van der Waals surface area contributed by atoms with Crippen LogP contribution in [0.2, 0.25) is 5.02 Å². The van der Waals surface area contributed by atoms with Gasteiger partial charge in [-0.1, -0.05) is 17.7 Å². The molecule has 0 aliphatic carbocycles. The third-order valence-electron chi connectivity index (χ3n) is 2.34. The maximum atomic E-state index is 11.4. The van der Waals surface area contributed by atoms with Crippen LogP contribution in [-0.2, 0) is 4.74 Å². The molecule has 98 valence electrons. The van der Waals surface area contributed by atoms with E-state index in [1.54, 1.807) is 24.3 Å². The lowest BCUT2D eigenvalue weighted by Gasteiger charge is -2.10. The van der Waals surface area contributed by atoms with Crippen molar-refractivity contribution < 1.29 is 14.3 Å². The standard InChI is InChI=1S/C13H11ClN2O3/c1-18-13(17)11-7-8(5-6-16-11)19-12-9(14)3-2-4-10(12)15/h2-7H,15H2,1H3. The number of para-hydroxylation sites is 1. The quantitative estimate of drug-likeness (QED) is 0.690. The monoisotopic (exact) mass is 278 g/mol. The Balaban J connectivity index is 2.31. The summed E-state index contributed by atoms with van der Waals surface area (Å²) >= 11 is 6.00. The number of esters is 1. The highest BCUT2D eigenvalue weighted by Gasteiger charge is 2.11. The van der Waals surface area contributed by atoms with Crippen LogP contribution in [0, 0.1) is 0 Å². The van der Waals surface area contributed by atoms with Crippen LogP contribution in [0.1, 0.15) is 10.5 Å². The number of nitrogens with zero attached hydrogens (tertiary/aromatic N) is 1. The summed E-state index contributed by atoms with van der Waals surface area (Å²) in [5, 5.41) is 0.386. The molecular formula is C13H11ClN2O3. The van der Waals surface area contributed by atoms with E-state index in [-0.39, 0.29) is 5.69 Å². The van der Waals surface area contributed by atoms with E-state index in [4.69, 9.17) is 22.1 Å². The van der Waals surface area contributed by atoms with Crippen molar-refractivity contribution in [3.05, 3.63) is 47.2 Å². The smallest absolute Gasteiger partial charge is 0.356 e. The Morgan fingerprint density at radius 3 is 2.84 bits per heavy atom. The second-order valence-electron chi connectivity index (χ2n) is 3.63. The maximum absolute atomic E-state index is 11.4. The van der Waals surface area contributed by atoms with E-state index in [0.717, 1.165) is 0 Å². The summed E-state index contributed by atoms with van der Waals surface area (Å²) in [4.78, 5) is 15.2. The molecule has 0 atom stereocenters. The van der Waals surface area contributed by atoms with Gasteiger partial charge in [-0.2, -0.15) is 0 Å². The van der Waals surface area contributed by atoms with Crippen LogP contribution in [0.15, 0.2) is 36.5 Å². The van der Waals surface area contributed by atoms with Crippen molar-refractivity contribution in [1.29, 1.82) is 0 Å². The van der Waals surface area contributed by atoms with Crippen LogP contribution < -0.4 is 10.5 Å². The number of hydrogen-bond acceptors (Lipinski definition) is 5. The molecule has 0 aliphatic heterocycles. The van der Waals surface area contributed by atoms with Crippen LogP contribution >= 0.6 is 11.6 Å². The van der Waals surface area contributed by atoms with Gasteiger partial charge in [-0.05, 0) is 18.2 Å². The number of halogens is 1. The zero-order chi connectivity index (χ0) is 13.8. The molecule has 6 heteroatoms. The van der Waals surface area contributed by atoms with Crippen molar-refractivity contribution in [1.82, 2.24) is 4.98 Å². The molecule has 0 bridgehead atoms. The lowest BCUT2D eigenvalue weighted by Crippen LogP contribution is -2.04. The molecule has 0 spiro atoms. The molecular weight excluding hydrogens is 268 g/mol. The minimum absolute atomic E-state index is 0.144. The van der Waals surface area contributed by atoms with Crippen molar-refractivity contribution in [2.45, 2.75) is 0 Å². The van der Waals surface area contributed by atoms with Crippen LogP contribution in [0.4, 0.5) is 5.69 Å². The van der Waals surface area contributed by atoms with Gasteiger partial charge in [-0.25, -0.2) is 9.78 Å². The minimum Gasteiger partial charge on any atom is -0.464 e. The molecule has 0 saturated heterocycles. The summed E-state index contributed by atoms with van der Waals surface area (Å²) in [6.45, 7) is 0. The van der Waals surface area contributed by atoms with Gasteiger partial charge in [0.25, 0.3) is 0 Å². The van der Waals surface area contributed by atoms with E-state index in [1.807, 2.05) is 0 Å². The van der Waals surface area contributed by atoms with Crippen molar-refractivity contribution >= 4 is 23.3 Å². The number of anilines is 1. The molecule has 0 unspecified atom stereocenters. The molecule has 0 fully saturated rings. The lowest BCUT2D eigenvalue weighted by molar-refractivity contribution is 0.0593. The first-order chi connectivity index (χ1) is 9.11. The molecule has 1 aromatic heterocycles. The number of rotatable bonds is 3. The molecule has 5 nitrogen and oxygen atoms in total. The number of hydrogen-bond donors (Lipinski definition) is 1. The first kappa shape index (κ1) is 13.2. The van der Waals surface area contributed by atoms with Gasteiger partial charge in [0, 0.05) is 12.3 Å². The largest absolute Gasteiger partial charge is 0.464 e. The zero-order valence-corrected chi connectivity index (χ0v) is 10.8. The lowest BCUT2D eigenvalue weighted by atomic mass is 10.3. The number of aromatic nitrogens is 1. The van der Waals surface area contributed by atoms with Gasteiger partial charge >= 0.3 is 5.97 Å². The number of pyridine rings is 1. The molecule has 2 N–H and O–H groups in total. The highest BCUT2D eigenvalue weighted by atomic mass is 35.5. The van der Waals surface area contributed by atoms with Crippen molar-refractivity contribution in [2.75, 3.05) is 12.8 Å². The van der Waals surface area contributed by atoms with Crippen molar-refractivity contribution in [2.24, 2.45) is 0 Å². The van der Waals surface area contributed by atoms with Gasteiger partial charge in [-0.3, -0.25) is 0 Å². The molecule has 2 rings (SSSR count).